The van der Waals surface area contributed by atoms with Crippen molar-refractivity contribution in [2.75, 3.05) is 19.0 Å². The van der Waals surface area contributed by atoms with Crippen LogP contribution in [0.25, 0.3) is 0 Å². The molecule has 92 valence electrons. The Kier molecular flexibility index (Phi) is 5.59. The maximum atomic E-state index is 9.86. The summed E-state index contributed by atoms with van der Waals surface area (Å²) in [5, 5.41) is 9.86. The van der Waals surface area contributed by atoms with E-state index in [0.717, 1.165) is 30.5 Å². The van der Waals surface area contributed by atoms with E-state index in [4.69, 9.17) is 0 Å². The van der Waals surface area contributed by atoms with Gasteiger partial charge in [0.05, 0.1) is 0 Å². The first-order valence-electron chi connectivity index (χ1n) is 6.09. The Hall–Kier alpha value is -1.46. The van der Waals surface area contributed by atoms with Crippen molar-refractivity contribution in [3.8, 4) is 11.8 Å². The van der Waals surface area contributed by atoms with Crippen LogP contribution in [0.5, 0.6) is 0 Å². The molecule has 1 N–H and O–H groups in total. The number of anilines is 1. The summed E-state index contributed by atoms with van der Waals surface area (Å²) >= 11 is 0. The normalized spacial score (nSPS) is 11.5. The highest BCUT2D eigenvalue weighted by Gasteiger charge is 2.03. The van der Waals surface area contributed by atoms with Gasteiger partial charge < -0.3 is 10.0 Å². The van der Waals surface area contributed by atoms with Gasteiger partial charge in [-0.2, -0.15) is 0 Å². The van der Waals surface area contributed by atoms with Crippen LogP contribution in [0.1, 0.15) is 37.9 Å². The molecule has 0 heterocycles. The van der Waals surface area contributed by atoms with Crippen molar-refractivity contribution in [1.82, 2.24) is 0 Å². The lowest BCUT2D eigenvalue weighted by atomic mass is 10.1. The summed E-state index contributed by atoms with van der Waals surface area (Å²) in [7, 11) is 3.99. The van der Waals surface area contributed by atoms with E-state index in [1.165, 1.54) is 0 Å². The molecule has 1 atom stereocenters. The SMILES string of the molecule is CCCCC#CC(O)c1ccc(N(C)C)cc1. The van der Waals surface area contributed by atoms with Gasteiger partial charge in [-0.25, -0.2) is 0 Å². The molecule has 1 aromatic rings. The highest BCUT2D eigenvalue weighted by Crippen LogP contribution is 2.17. The first-order valence-corrected chi connectivity index (χ1v) is 6.09. The molecule has 0 bridgehead atoms. The van der Waals surface area contributed by atoms with Gasteiger partial charge in [-0.05, 0) is 24.1 Å². The Labute approximate surface area is 104 Å². The predicted molar refractivity (Wildman–Crippen MR) is 73.0 cm³/mol. The highest BCUT2D eigenvalue weighted by atomic mass is 16.3. The van der Waals surface area contributed by atoms with Crippen LogP contribution < -0.4 is 4.90 Å². The summed E-state index contributed by atoms with van der Waals surface area (Å²) in [4.78, 5) is 2.03. The molecule has 1 rings (SSSR count). The third kappa shape index (κ3) is 4.50. The van der Waals surface area contributed by atoms with Crippen LogP contribution in [-0.4, -0.2) is 19.2 Å². The first kappa shape index (κ1) is 13.6. The molecule has 0 aromatic heterocycles. The summed E-state index contributed by atoms with van der Waals surface area (Å²) < 4.78 is 0. The maximum Gasteiger partial charge on any atom is 0.140 e. The van der Waals surface area contributed by atoms with E-state index in [0.29, 0.717) is 0 Å². The molecule has 0 spiro atoms. The molecule has 1 unspecified atom stereocenters. The van der Waals surface area contributed by atoms with E-state index < -0.39 is 6.10 Å². The van der Waals surface area contributed by atoms with Crippen LogP contribution >= 0.6 is 0 Å². The van der Waals surface area contributed by atoms with Gasteiger partial charge in [-0.15, -0.1) is 5.92 Å². The van der Waals surface area contributed by atoms with Crippen molar-refractivity contribution in [2.45, 2.75) is 32.3 Å². The minimum atomic E-state index is -0.664. The third-order valence-electron chi connectivity index (χ3n) is 2.62. The molecule has 0 radical (unpaired) electrons. The predicted octanol–water partition coefficient (Wildman–Crippen LogP) is 2.98. The van der Waals surface area contributed by atoms with E-state index in [2.05, 4.69) is 18.8 Å². The number of aliphatic hydroxyl groups excluding tert-OH is 1. The lowest BCUT2D eigenvalue weighted by Gasteiger charge is -2.13. The summed E-state index contributed by atoms with van der Waals surface area (Å²) in [5.41, 5.74) is 1.99. The van der Waals surface area contributed by atoms with Crippen LogP contribution in [0.15, 0.2) is 24.3 Å². The number of rotatable bonds is 4. The molecule has 17 heavy (non-hydrogen) atoms. The van der Waals surface area contributed by atoms with Crippen LogP contribution in [-0.2, 0) is 0 Å². The largest absolute Gasteiger partial charge is 0.378 e. The molecule has 0 fully saturated rings. The van der Waals surface area contributed by atoms with Crippen molar-refractivity contribution in [3.05, 3.63) is 29.8 Å². The van der Waals surface area contributed by atoms with Crippen LogP contribution in [0.4, 0.5) is 5.69 Å². The van der Waals surface area contributed by atoms with Crippen LogP contribution in [0, 0.1) is 11.8 Å². The quantitative estimate of drug-likeness (QED) is 0.636. The van der Waals surface area contributed by atoms with Crippen molar-refractivity contribution in [3.63, 3.8) is 0 Å². The van der Waals surface area contributed by atoms with E-state index in [-0.39, 0.29) is 0 Å². The second-order valence-corrected chi connectivity index (χ2v) is 4.31. The molecule has 2 nitrogen and oxygen atoms in total. The van der Waals surface area contributed by atoms with Gasteiger partial charge in [-0.3, -0.25) is 0 Å². The number of aliphatic hydroxyl groups is 1. The fraction of sp³-hybridized carbons (Fsp3) is 0.467. The van der Waals surface area contributed by atoms with Gasteiger partial charge in [0.1, 0.15) is 6.10 Å². The molecule has 0 aliphatic heterocycles. The van der Waals surface area contributed by atoms with Crippen LogP contribution in [0.2, 0.25) is 0 Å². The summed E-state index contributed by atoms with van der Waals surface area (Å²) in [6.45, 7) is 2.14. The second kappa shape index (κ2) is 6.98. The number of benzene rings is 1. The second-order valence-electron chi connectivity index (χ2n) is 4.31. The van der Waals surface area contributed by atoms with E-state index in [1.807, 2.05) is 43.3 Å². The van der Waals surface area contributed by atoms with Crippen molar-refractivity contribution >= 4 is 5.69 Å². The van der Waals surface area contributed by atoms with Gasteiger partial charge in [0.15, 0.2) is 0 Å². The zero-order chi connectivity index (χ0) is 12.7. The van der Waals surface area contributed by atoms with Crippen LogP contribution in [0.3, 0.4) is 0 Å². The van der Waals surface area contributed by atoms with Crippen molar-refractivity contribution < 1.29 is 5.11 Å². The number of hydrogen-bond acceptors (Lipinski definition) is 2. The monoisotopic (exact) mass is 231 g/mol. The lowest BCUT2D eigenvalue weighted by molar-refractivity contribution is 0.238. The summed E-state index contributed by atoms with van der Waals surface area (Å²) in [6.07, 6.45) is 2.44. The topological polar surface area (TPSA) is 23.5 Å². The van der Waals surface area contributed by atoms with E-state index in [1.54, 1.807) is 0 Å². The molecule has 0 amide bonds. The molecule has 0 aliphatic carbocycles. The molecule has 2 heteroatoms. The Morgan fingerprint density at radius 1 is 1.24 bits per heavy atom. The maximum absolute atomic E-state index is 9.86. The Balaban J connectivity index is 2.62. The summed E-state index contributed by atoms with van der Waals surface area (Å²) in [6, 6.07) is 7.83. The van der Waals surface area contributed by atoms with Crippen molar-refractivity contribution in [1.29, 1.82) is 0 Å². The zero-order valence-electron chi connectivity index (χ0n) is 10.9. The lowest BCUT2D eigenvalue weighted by Crippen LogP contribution is -2.08. The Morgan fingerprint density at radius 2 is 1.88 bits per heavy atom. The first-order chi connectivity index (χ1) is 8.15. The summed E-state index contributed by atoms with van der Waals surface area (Å²) in [5.74, 6) is 5.89. The van der Waals surface area contributed by atoms with Gasteiger partial charge in [0.2, 0.25) is 0 Å². The number of unbranched alkanes of at least 4 members (excludes halogenated alkanes) is 2. The molecular formula is C15H21NO. The fourth-order valence-electron chi connectivity index (χ4n) is 1.47. The molecular weight excluding hydrogens is 210 g/mol. The minimum absolute atomic E-state index is 0.664. The standard InChI is InChI=1S/C15H21NO/c1-4-5-6-7-8-15(17)13-9-11-14(12-10-13)16(2)3/h9-12,15,17H,4-6H2,1-3H3. The number of nitrogens with zero attached hydrogens (tertiary/aromatic N) is 1. The zero-order valence-corrected chi connectivity index (χ0v) is 10.9. The third-order valence-corrected chi connectivity index (χ3v) is 2.62. The van der Waals surface area contributed by atoms with E-state index in [9.17, 15) is 5.11 Å². The average Bonchev–Trinajstić information content (AvgIpc) is 2.34. The minimum Gasteiger partial charge on any atom is -0.378 e. The highest BCUT2D eigenvalue weighted by molar-refractivity contribution is 5.47. The van der Waals surface area contributed by atoms with E-state index >= 15 is 0 Å². The Morgan fingerprint density at radius 3 is 2.41 bits per heavy atom. The van der Waals surface area contributed by atoms with Crippen molar-refractivity contribution in [2.24, 2.45) is 0 Å². The average molecular weight is 231 g/mol. The molecule has 1 aromatic carbocycles. The van der Waals surface area contributed by atoms with Gasteiger partial charge in [0, 0.05) is 26.2 Å². The fourth-order valence-corrected chi connectivity index (χ4v) is 1.47. The number of hydrogen-bond donors (Lipinski definition) is 1. The van der Waals surface area contributed by atoms with Gasteiger partial charge in [-0.1, -0.05) is 31.4 Å². The molecule has 0 aliphatic rings. The Bertz CT molecular complexity index is 384. The molecule has 0 saturated heterocycles. The smallest absolute Gasteiger partial charge is 0.140 e. The van der Waals surface area contributed by atoms with Gasteiger partial charge in [0.25, 0.3) is 0 Å². The molecule has 0 saturated carbocycles. The van der Waals surface area contributed by atoms with Gasteiger partial charge >= 0.3 is 0 Å².